The lowest BCUT2D eigenvalue weighted by Crippen LogP contribution is -2.47. The SMILES string of the molecule is CCN(C(=O)Cn1cccc1C(=O)O)C1CCNCC1. The van der Waals surface area contributed by atoms with E-state index in [2.05, 4.69) is 5.32 Å². The molecule has 0 saturated carbocycles. The van der Waals surface area contributed by atoms with Crippen LogP contribution in [0.3, 0.4) is 0 Å². The number of carboxylic acid groups (broad SMARTS) is 1. The van der Waals surface area contributed by atoms with Gasteiger partial charge in [-0.1, -0.05) is 0 Å². The van der Waals surface area contributed by atoms with Gasteiger partial charge in [-0.05, 0) is 45.0 Å². The number of aromatic nitrogens is 1. The first-order valence-electron chi connectivity index (χ1n) is 7.02. The number of carboxylic acids is 1. The lowest BCUT2D eigenvalue weighted by molar-refractivity contribution is -0.134. The Kier molecular flexibility index (Phi) is 4.79. The number of rotatable bonds is 5. The summed E-state index contributed by atoms with van der Waals surface area (Å²) in [5, 5.41) is 12.3. The molecule has 1 fully saturated rings. The Morgan fingerprint density at radius 3 is 2.75 bits per heavy atom. The molecule has 0 radical (unpaired) electrons. The van der Waals surface area contributed by atoms with Gasteiger partial charge in [0.15, 0.2) is 0 Å². The van der Waals surface area contributed by atoms with E-state index in [9.17, 15) is 9.59 Å². The van der Waals surface area contributed by atoms with Crippen molar-refractivity contribution in [1.29, 1.82) is 0 Å². The molecular formula is C14H21N3O3. The summed E-state index contributed by atoms with van der Waals surface area (Å²) in [6.45, 7) is 4.57. The van der Waals surface area contributed by atoms with E-state index in [1.807, 2.05) is 11.8 Å². The first kappa shape index (κ1) is 14.6. The molecule has 2 rings (SSSR count). The Labute approximate surface area is 118 Å². The number of likely N-dealkylation sites (N-methyl/N-ethyl adjacent to an activating group) is 1. The molecular weight excluding hydrogens is 258 g/mol. The van der Waals surface area contributed by atoms with Crippen molar-refractivity contribution < 1.29 is 14.7 Å². The maximum absolute atomic E-state index is 12.4. The quantitative estimate of drug-likeness (QED) is 0.835. The Morgan fingerprint density at radius 1 is 1.45 bits per heavy atom. The molecule has 2 heterocycles. The van der Waals surface area contributed by atoms with Crippen LogP contribution in [0.15, 0.2) is 18.3 Å². The number of nitrogens with zero attached hydrogens (tertiary/aromatic N) is 2. The summed E-state index contributed by atoms with van der Waals surface area (Å²) < 4.78 is 1.49. The van der Waals surface area contributed by atoms with Crippen molar-refractivity contribution in [3.8, 4) is 0 Å². The Balaban J connectivity index is 2.05. The average molecular weight is 279 g/mol. The third-order valence-corrected chi connectivity index (χ3v) is 3.76. The molecule has 1 aliphatic heterocycles. The van der Waals surface area contributed by atoms with Gasteiger partial charge in [0.25, 0.3) is 0 Å². The number of aromatic carboxylic acids is 1. The van der Waals surface area contributed by atoms with Crippen LogP contribution in [0.1, 0.15) is 30.3 Å². The summed E-state index contributed by atoms with van der Waals surface area (Å²) in [5.41, 5.74) is 0.153. The Morgan fingerprint density at radius 2 is 2.15 bits per heavy atom. The van der Waals surface area contributed by atoms with Crippen LogP contribution in [0.25, 0.3) is 0 Å². The molecule has 1 amide bonds. The van der Waals surface area contributed by atoms with Crippen molar-refractivity contribution in [3.63, 3.8) is 0 Å². The fraction of sp³-hybridized carbons (Fsp3) is 0.571. The van der Waals surface area contributed by atoms with Crippen molar-refractivity contribution in [1.82, 2.24) is 14.8 Å². The van der Waals surface area contributed by atoms with Crippen LogP contribution in [0.4, 0.5) is 0 Å². The van der Waals surface area contributed by atoms with Crippen molar-refractivity contribution >= 4 is 11.9 Å². The molecule has 1 saturated heterocycles. The molecule has 0 spiro atoms. The summed E-state index contributed by atoms with van der Waals surface area (Å²) in [4.78, 5) is 25.3. The first-order chi connectivity index (χ1) is 9.63. The van der Waals surface area contributed by atoms with Crippen molar-refractivity contribution in [2.45, 2.75) is 32.4 Å². The van der Waals surface area contributed by atoms with Crippen LogP contribution in [0.5, 0.6) is 0 Å². The van der Waals surface area contributed by atoms with Crippen LogP contribution in [-0.4, -0.2) is 52.1 Å². The molecule has 2 N–H and O–H groups in total. The summed E-state index contributed by atoms with van der Waals surface area (Å²) >= 11 is 0. The molecule has 0 unspecified atom stereocenters. The fourth-order valence-corrected chi connectivity index (χ4v) is 2.74. The second kappa shape index (κ2) is 6.56. The highest BCUT2D eigenvalue weighted by Gasteiger charge is 2.24. The zero-order valence-corrected chi connectivity index (χ0v) is 11.7. The monoisotopic (exact) mass is 279 g/mol. The summed E-state index contributed by atoms with van der Waals surface area (Å²) in [5.74, 6) is -1.02. The molecule has 6 heteroatoms. The highest BCUT2D eigenvalue weighted by molar-refractivity contribution is 5.87. The van der Waals surface area contributed by atoms with Crippen molar-refractivity contribution in [3.05, 3.63) is 24.0 Å². The molecule has 0 bridgehead atoms. The van der Waals surface area contributed by atoms with Gasteiger partial charge in [-0.15, -0.1) is 0 Å². The third-order valence-electron chi connectivity index (χ3n) is 3.76. The minimum absolute atomic E-state index is 0.0156. The van der Waals surface area contributed by atoms with E-state index in [0.29, 0.717) is 6.54 Å². The maximum Gasteiger partial charge on any atom is 0.352 e. The first-order valence-corrected chi connectivity index (χ1v) is 7.02. The van der Waals surface area contributed by atoms with Gasteiger partial charge in [-0.25, -0.2) is 4.79 Å². The van der Waals surface area contributed by atoms with Crippen molar-refractivity contribution in [2.24, 2.45) is 0 Å². The number of piperidine rings is 1. The lowest BCUT2D eigenvalue weighted by atomic mass is 10.0. The highest BCUT2D eigenvalue weighted by Crippen LogP contribution is 2.13. The zero-order chi connectivity index (χ0) is 14.5. The van der Waals surface area contributed by atoms with Crippen LogP contribution >= 0.6 is 0 Å². The molecule has 1 aromatic rings. The summed E-state index contributed by atoms with van der Waals surface area (Å²) in [6.07, 6.45) is 3.55. The molecule has 0 atom stereocenters. The molecule has 0 aromatic carbocycles. The predicted octanol–water partition coefficient (Wildman–Crippen LogP) is 0.787. The number of nitrogens with one attached hydrogen (secondary N) is 1. The molecule has 0 aliphatic carbocycles. The van der Waals surface area contributed by atoms with E-state index in [4.69, 9.17) is 5.11 Å². The Bertz CT molecular complexity index is 478. The van der Waals surface area contributed by atoms with E-state index >= 15 is 0 Å². The number of hydrogen-bond donors (Lipinski definition) is 2. The number of carbonyl (C=O) groups excluding carboxylic acids is 1. The predicted molar refractivity (Wildman–Crippen MR) is 74.7 cm³/mol. The fourth-order valence-electron chi connectivity index (χ4n) is 2.74. The van der Waals surface area contributed by atoms with E-state index in [-0.39, 0.29) is 24.2 Å². The number of hydrogen-bond acceptors (Lipinski definition) is 3. The van der Waals surface area contributed by atoms with E-state index in [0.717, 1.165) is 25.9 Å². The second-order valence-corrected chi connectivity index (χ2v) is 4.99. The molecule has 6 nitrogen and oxygen atoms in total. The van der Waals surface area contributed by atoms with Gasteiger partial charge in [-0.2, -0.15) is 0 Å². The smallest absolute Gasteiger partial charge is 0.352 e. The van der Waals surface area contributed by atoms with Crippen LogP contribution in [0.2, 0.25) is 0 Å². The second-order valence-electron chi connectivity index (χ2n) is 4.99. The number of amides is 1. The molecule has 1 aliphatic rings. The lowest BCUT2D eigenvalue weighted by Gasteiger charge is -2.34. The summed E-state index contributed by atoms with van der Waals surface area (Å²) in [6, 6.07) is 3.42. The Hall–Kier alpha value is -1.82. The van der Waals surface area contributed by atoms with Crippen LogP contribution in [-0.2, 0) is 11.3 Å². The van der Waals surface area contributed by atoms with E-state index in [1.165, 1.54) is 10.6 Å². The molecule has 20 heavy (non-hydrogen) atoms. The van der Waals surface area contributed by atoms with Crippen LogP contribution in [0, 0.1) is 0 Å². The maximum atomic E-state index is 12.4. The van der Waals surface area contributed by atoms with Gasteiger partial charge in [0.1, 0.15) is 12.2 Å². The topological polar surface area (TPSA) is 74.6 Å². The standard InChI is InChI=1S/C14H21N3O3/c1-2-17(11-5-7-15-8-6-11)13(18)10-16-9-3-4-12(16)14(19)20/h3-4,9,11,15H,2,5-8,10H2,1H3,(H,19,20). The molecule has 1 aromatic heterocycles. The zero-order valence-electron chi connectivity index (χ0n) is 11.7. The van der Waals surface area contributed by atoms with Gasteiger partial charge in [0, 0.05) is 18.8 Å². The molecule has 110 valence electrons. The van der Waals surface area contributed by atoms with Crippen molar-refractivity contribution in [2.75, 3.05) is 19.6 Å². The summed E-state index contributed by atoms with van der Waals surface area (Å²) in [7, 11) is 0. The minimum atomic E-state index is -1.01. The van der Waals surface area contributed by atoms with Crippen LogP contribution < -0.4 is 5.32 Å². The minimum Gasteiger partial charge on any atom is -0.477 e. The normalized spacial score (nSPS) is 16.1. The largest absolute Gasteiger partial charge is 0.477 e. The average Bonchev–Trinajstić information content (AvgIpc) is 2.89. The van der Waals surface area contributed by atoms with E-state index in [1.54, 1.807) is 12.3 Å². The van der Waals surface area contributed by atoms with Gasteiger partial charge in [0.2, 0.25) is 5.91 Å². The number of carbonyl (C=O) groups is 2. The third kappa shape index (κ3) is 3.19. The highest BCUT2D eigenvalue weighted by atomic mass is 16.4. The van der Waals surface area contributed by atoms with E-state index < -0.39 is 5.97 Å². The van der Waals surface area contributed by atoms with Gasteiger partial charge < -0.3 is 19.9 Å². The van der Waals surface area contributed by atoms with Gasteiger partial charge in [0.05, 0.1) is 0 Å². The van der Waals surface area contributed by atoms with Gasteiger partial charge in [-0.3, -0.25) is 4.79 Å². The van der Waals surface area contributed by atoms with Gasteiger partial charge >= 0.3 is 5.97 Å².